The lowest BCUT2D eigenvalue weighted by Gasteiger charge is -2.44. The van der Waals surface area contributed by atoms with Crippen LogP contribution in [0.25, 0.3) is 11.1 Å². The molecule has 6 rings (SSSR count). The van der Waals surface area contributed by atoms with Crippen molar-refractivity contribution >= 4 is 21.7 Å². The Hall–Kier alpha value is -3.28. The minimum Gasteiger partial charge on any atom is -0.491 e. The van der Waals surface area contributed by atoms with Gasteiger partial charge in [0.1, 0.15) is 35.2 Å². The van der Waals surface area contributed by atoms with Gasteiger partial charge >= 0.3 is 0 Å². The second-order valence-electron chi connectivity index (χ2n) is 12.1. The van der Waals surface area contributed by atoms with Gasteiger partial charge in [0.25, 0.3) is 0 Å². The number of aromatic nitrogens is 3. The average molecular weight is 550 g/mol. The number of ether oxygens (including phenoxy) is 1. The highest BCUT2D eigenvalue weighted by Gasteiger charge is 2.43. The Labute approximate surface area is 229 Å². The molecule has 3 aliphatic rings. The molecule has 10 nitrogen and oxygen atoms in total. The third-order valence-electron chi connectivity index (χ3n) is 7.95. The van der Waals surface area contributed by atoms with Crippen LogP contribution in [0.1, 0.15) is 44.0 Å². The van der Waals surface area contributed by atoms with E-state index in [0.29, 0.717) is 25.3 Å². The highest BCUT2D eigenvalue weighted by Crippen LogP contribution is 2.39. The second-order valence-corrected chi connectivity index (χ2v) is 14.0. The van der Waals surface area contributed by atoms with Crippen LogP contribution in [0.4, 0.5) is 11.6 Å². The first kappa shape index (κ1) is 26.0. The van der Waals surface area contributed by atoms with Crippen LogP contribution in [-0.2, 0) is 29.4 Å². The van der Waals surface area contributed by atoms with Crippen LogP contribution in [-0.4, -0.2) is 59.5 Å². The molecular weight excluding hydrogens is 514 g/mol. The summed E-state index contributed by atoms with van der Waals surface area (Å²) >= 11 is 0. The van der Waals surface area contributed by atoms with Gasteiger partial charge in [0.15, 0.2) is 0 Å². The second kappa shape index (κ2) is 9.14. The molecule has 0 bridgehead atoms. The molecule has 0 spiro atoms. The molecule has 1 aromatic carbocycles. The maximum atomic E-state index is 13.3. The van der Waals surface area contributed by atoms with Gasteiger partial charge in [0, 0.05) is 53.8 Å². The summed E-state index contributed by atoms with van der Waals surface area (Å²) in [6, 6.07) is 7.50. The molecule has 2 aromatic heterocycles. The predicted octanol–water partition coefficient (Wildman–Crippen LogP) is 2.76. The van der Waals surface area contributed by atoms with E-state index >= 15 is 0 Å². The summed E-state index contributed by atoms with van der Waals surface area (Å²) in [6.07, 6.45) is 6.29. The number of sulfonamides is 1. The van der Waals surface area contributed by atoms with E-state index in [9.17, 15) is 8.42 Å². The van der Waals surface area contributed by atoms with Gasteiger partial charge in [0.2, 0.25) is 10.0 Å². The van der Waals surface area contributed by atoms with E-state index < -0.39 is 15.6 Å². The summed E-state index contributed by atoms with van der Waals surface area (Å²) in [7, 11) is -3.80. The van der Waals surface area contributed by atoms with Gasteiger partial charge in [-0.3, -0.25) is 0 Å². The molecule has 0 amide bonds. The van der Waals surface area contributed by atoms with E-state index in [1.165, 1.54) is 9.87 Å². The lowest BCUT2D eigenvalue weighted by Crippen LogP contribution is -2.66. The quantitative estimate of drug-likeness (QED) is 0.502. The van der Waals surface area contributed by atoms with Gasteiger partial charge in [-0.05, 0) is 55.4 Å². The van der Waals surface area contributed by atoms with Gasteiger partial charge in [-0.25, -0.2) is 23.4 Å². The Morgan fingerprint density at radius 3 is 2.62 bits per heavy atom. The SMILES string of the molecule is CC1(C)CCc2ncnc(N3CCOc4ccc(-c5cnc(N)c(S(=O)(=O)N6CC(C)(N)C6)c5)cc4C3)c2C1. The van der Waals surface area contributed by atoms with Gasteiger partial charge in [-0.15, -0.1) is 0 Å². The number of rotatable bonds is 4. The number of benzene rings is 1. The molecule has 0 atom stereocenters. The van der Waals surface area contributed by atoms with E-state index in [4.69, 9.17) is 21.2 Å². The maximum Gasteiger partial charge on any atom is 0.246 e. The highest BCUT2D eigenvalue weighted by molar-refractivity contribution is 7.89. The number of aryl methyl sites for hydroxylation is 1. The van der Waals surface area contributed by atoms with E-state index in [2.05, 4.69) is 28.7 Å². The topological polar surface area (TPSA) is 141 Å². The van der Waals surface area contributed by atoms with Crippen molar-refractivity contribution in [3.05, 3.63) is 53.6 Å². The maximum absolute atomic E-state index is 13.3. The van der Waals surface area contributed by atoms with Crippen LogP contribution in [0.2, 0.25) is 0 Å². The molecular formula is C28H35N7O3S. The van der Waals surface area contributed by atoms with Gasteiger partial charge in [-0.2, -0.15) is 4.31 Å². The van der Waals surface area contributed by atoms with Crippen molar-refractivity contribution in [3.63, 3.8) is 0 Å². The zero-order chi connectivity index (χ0) is 27.6. The number of nitrogens with two attached hydrogens (primary N) is 2. The Balaban J connectivity index is 1.32. The van der Waals surface area contributed by atoms with Gasteiger partial charge in [0.05, 0.1) is 6.54 Å². The zero-order valence-corrected chi connectivity index (χ0v) is 23.5. The number of hydrogen-bond donors (Lipinski definition) is 2. The minimum absolute atomic E-state index is 0.00134. The molecule has 0 radical (unpaired) electrons. The summed E-state index contributed by atoms with van der Waals surface area (Å²) in [4.78, 5) is 15.8. The Morgan fingerprint density at radius 2 is 1.85 bits per heavy atom. The first-order chi connectivity index (χ1) is 18.4. The van der Waals surface area contributed by atoms with E-state index in [1.807, 2.05) is 25.1 Å². The normalized spacial score (nSPS) is 20.3. The molecule has 206 valence electrons. The van der Waals surface area contributed by atoms with E-state index in [1.54, 1.807) is 18.6 Å². The number of hydrogen-bond acceptors (Lipinski definition) is 9. The van der Waals surface area contributed by atoms with Crippen LogP contribution < -0.4 is 21.1 Å². The summed E-state index contributed by atoms with van der Waals surface area (Å²) in [5.41, 5.74) is 16.6. The first-order valence-corrected chi connectivity index (χ1v) is 14.7. The van der Waals surface area contributed by atoms with Crippen molar-refractivity contribution in [2.75, 3.05) is 36.9 Å². The standard InChI is InChI=1S/C28H35N7O3S/c1-27(2)7-6-22-21(12-27)26(33-17-32-22)34-8-9-38-23-5-4-18(10-20(23)14-34)19-11-24(25(29)31-13-19)39(36,37)35-15-28(3,30)16-35/h4-5,10-11,13,17H,6-9,12,14-16,30H2,1-3H3,(H2,29,31). The molecule has 0 saturated carbocycles. The first-order valence-electron chi connectivity index (χ1n) is 13.3. The third-order valence-corrected chi connectivity index (χ3v) is 9.77. The fraction of sp³-hybridized carbons (Fsp3) is 0.464. The molecule has 2 aliphatic heterocycles. The molecule has 0 unspecified atom stereocenters. The Kier molecular flexibility index (Phi) is 6.09. The van der Waals surface area contributed by atoms with Crippen LogP contribution in [0.3, 0.4) is 0 Å². The zero-order valence-electron chi connectivity index (χ0n) is 22.6. The molecule has 4 heterocycles. The summed E-state index contributed by atoms with van der Waals surface area (Å²) < 4.78 is 34.0. The number of anilines is 2. The average Bonchev–Trinajstić information content (AvgIpc) is 3.08. The van der Waals surface area contributed by atoms with Crippen molar-refractivity contribution in [1.29, 1.82) is 0 Å². The third kappa shape index (κ3) is 4.83. The number of nitrogens with zero attached hydrogens (tertiary/aromatic N) is 5. The summed E-state index contributed by atoms with van der Waals surface area (Å²) in [5.74, 6) is 1.76. The lowest BCUT2D eigenvalue weighted by atomic mass is 9.76. The van der Waals surface area contributed by atoms with Crippen molar-refractivity contribution in [3.8, 4) is 16.9 Å². The monoisotopic (exact) mass is 549 g/mol. The predicted molar refractivity (Wildman–Crippen MR) is 150 cm³/mol. The van der Waals surface area contributed by atoms with Gasteiger partial charge in [-0.1, -0.05) is 19.9 Å². The number of nitrogen functional groups attached to an aromatic ring is 1. The molecule has 3 aromatic rings. The Morgan fingerprint density at radius 1 is 1.05 bits per heavy atom. The van der Waals surface area contributed by atoms with E-state index in [0.717, 1.165) is 47.7 Å². The van der Waals surface area contributed by atoms with E-state index in [-0.39, 0.29) is 29.2 Å². The van der Waals surface area contributed by atoms with Crippen molar-refractivity contribution in [2.45, 2.75) is 57.0 Å². The minimum atomic E-state index is -3.80. The van der Waals surface area contributed by atoms with Crippen molar-refractivity contribution < 1.29 is 13.2 Å². The van der Waals surface area contributed by atoms with Crippen molar-refractivity contribution in [1.82, 2.24) is 19.3 Å². The fourth-order valence-electron chi connectivity index (χ4n) is 5.77. The molecule has 1 fully saturated rings. The van der Waals surface area contributed by atoms with Crippen LogP contribution in [0.5, 0.6) is 5.75 Å². The molecule has 1 aliphatic carbocycles. The van der Waals surface area contributed by atoms with Crippen LogP contribution in [0, 0.1) is 5.41 Å². The Bertz CT molecular complexity index is 1550. The fourth-order valence-corrected chi connectivity index (χ4v) is 7.57. The smallest absolute Gasteiger partial charge is 0.246 e. The summed E-state index contributed by atoms with van der Waals surface area (Å²) in [5, 5.41) is 0. The van der Waals surface area contributed by atoms with Crippen LogP contribution in [0.15, 0.2) is 41.7 Å². The lowest BCUT2D eigenvalue weighted by molar-refractivity contribution is 0.176. The number of fused-ring (bicyclic) bond motifs is 2. The largest absolute Gasteiger partial charge is 0.491 e. The highest BCUT2D eigenvalue weighted by atomic mass is 32.2. The van der Waals surface area contributed by atoms with Crippen LogP contribution >= 0.6 is 0 Å². The van der Waals surface area contributed by atoms with Crippen molar-refractivity contribution in [2.24, 2.45) is 11.1 Å². The number of pyridine rings is 1. The molecule has 11 heteroatoms. The summed E-state index contributed by atoms with van der Waals surface area (Å²) in [6.45, 7) is 8.77. The molecule has 4 N–H and O–H groups in total. The molecule has 39 heavy (non-hydrogen) atoms. The molecule has 1 saturated heterocycles. The van der Waals surface area contributed by atoms with Gasteiger partial charge < -0.3 is 21.1 Å².